The lowest BCUT2D eigenvalue weighted by atomic mass is 9.89. The second-order valence-corrected chi connectivity index (χ2v) is 8.22. The van der Waals surface area contributed by atoms with Crippen molar-refractivity contribution in [3.63, 3.8) is 0 Å². The summed E-state index contributed by atoms with van der Waals surface area (Å²) in [4.78, 5) is 12.6. The molecule has 1 heterocycles. The fraction of sp³-hybridized carbons (Fsp3) is 0.435. The van der Waals surface area contributed by atoms with Gasteiger partial charge in [-0.3, -0.25) is 4.79 Å². The minimum absolute atomic E-state index is 0.00265. The first-order valence-corrected chi connectivity index (χ1v) is 9.44. The number of nitrogens with one attached hydrogen (secondary N) is 1. The van der Waals surface area contributed by atoms with Crippen LogP contribution in [0.4, 0.5) is 0 Å². The lowest BCUT2D eigenvalue weighted by Crippen LogP contribution is -2.42. The number of rotatable bonds is 4. The van der Waals surface area contributed by atoms with Gasteiger partial charge in [-0.2, -0.15) is 0 Å². The van der Waals surface area contributed by atoms with Crippen LogP contribution in [0.3, 0.4) is 0 Å². The molecule has 4 nitrogen and oxygen atoms in total. The van der Waals surface area contributed by atoms with E-state index >= 15 is 0 Å². The van der Waals surface area contributed by atoms with Crippen molar-refractivity contribution >= 4 is 5.91 Å². The molecule has 0 fully saturated rings. The molecule has 0 spiro atoms. The smallest absolute Gasteiger partial charge is 0.258 e. The number of benzene rings is 2. The Morgan fingerprint density at radius 3 is 2.63 bits per heavy atom. The van der Waals surface area contributed by atoms with Crippen molar-refractivity contribution in [1.82, 2.24) is 5.32 Å². The molecule has 0 saturated heterocycles. The minimum atomic E-state index is -0.328. The molecule has 0 bridgehead atoms. The van der Waals surface area contributed by atoms with E-state index in [4.69, 9.17) is 9.47 Å². The predicted octanol–water partition coefficient (Wildman–Crippen LogP) is 4.72. The normalized spacial score (nSPS) is 17.6. The first-order valence-electron chi connectivity index (χ1n) is 9.44. The lowest BCUT2D eigenvalue weighted by Gasteiger charge is -2.38. The second kappa shape index (κ2) is 7.26. The van der Waals surface area contributed by atoms with E-state index in [0.717, 1.165) is 40.2 Å². The van der Waals surface area contributed by atoms with E-state index in [0.29, 0.717) is 0 Å². The van der Waals surface area contributed by atoms with Gasteiger partial charge in [0.25, 0.3) is 5.91 Å². The fourth-order valence-electron chi connectivity index (χ4n) is 3.63. The maximum atomic E-state index is 12.6. The first kappa shape index (κ1) is 19.3. The van der Waals surface area contributed by atoms with E-state index in [1.807, 2.05) is 52.8 Å². The summed E-state index contributed by atoms with van der Waals surface area (Å²) in [5, 5.41) is 3.13. The van der Waals surface area contributed by atoms with Gasteiger partial charge in [0.1, 0.15) is 17.1 Å². The third-order valence-corrected chi connectivity index (χ3v) is 5.08. The van der Waals surface area contributed by atoms with Crippen LogP contribution in [0.5, 0.6) is 11.5 Å². The zero-order valence-corrected chi connectivity index (χ0v) is 17.1. The molecule has 2 aromatic rings. The molecule has 4 heteroatoms. The van der Waals surface area contributed by atoms with Crippen molar-refractivity contribution in [2.75, 3.05) is 6.61 Å². The summed E-state index contributed by atoms with van der Waals surface area (Å²) in [5.74, 6) is 1.49. The average Bonchev–Trinajstić information content (AvgIpc) is 2.56. The molecule has 1 atom stereocenters. The van der Waals surface area contributed by atoms with Crippen molar-refractivity contribution in [3.8, 4) is 11.5 Å². The molecule has 1 N–H and O–H groups in total. The van der Waals surface area contributed by atoms with Crippen LogP contribution in [0.1, 0.15) is 54.1 Å². The molecule has 0 radical (unpaired) electrons. The lowest BCUT2D eigenvalue weighted by molar-refractivity contribution is -0.124. The van der Waals surface area contributed by atoms with Gasteiger partial charge >= 0.3 is 0 Å². The van der Waals surface area contributed by atoms with Crippen LogP contribution >= 0.6 is 0 Å². The number of amides is 1. The second-order valence-electron chi connectivity index (χ2n) is 8.22. The summed E-state index contributed by atoms with van der Waals surface area (Å²) in [7, 11) is 0. The SMILES string of the molecule is Cc1cc(C)c(C)c(OCC(=O)NC2CC(C)(C)Oc3ccc(C)cc32)c1. The molecule has 3 rings (SSSR count). The highest BCUT2D eigenvalue weighted by Gasteiger charge is 2.34. The molecule has 1 amide bonds. The molecule has 27 heavy (non-hydrogen) atoms. The third kappa shape index (κ3) is 4.44. The number of hydrogen-bond acceptors (Lipinski definition) is 3. The van der Waals surface area contributed by atoms with Crippen molar-refractivity contribution < 1.29 is 14.3 Å². The van der Waals surface area contributed by atoms with Crippen LogP contribution in [0.2, 0.25) is 0 Å². The van der Waals surface area contributed by atoms with Gasteiger partial charge in [0.2, 0.25) is 0 Å². The number of hydrogen-bond donors (Lipinski definition) is 1. The Hall–Kier alpha value is -2.49. The van der Waals surface area contributed by atoms with E-state index in [9.17, 15) is 4.79 Å². The highest BCUT2D eigenvalue weighted by atomic mass is 16.5. The van der Waals surface area contributed by atoms with E-state index in [1.54, 1.807) is 0 Å². The quantitative estimate of drug-likeness (QED) is 0.851. The Morgan fingerprint density at radius 2 is 1.89 bits per heavy atom. The Bertz CT molecular complexity index is 870. The van der Waals surface area contributed by atoms with Crippen molar-refractivity contribution in [2.45, 2.75) is 59.6 Å². The first-order chi connectivity index (χ1) is 12.6. The van der Waals surface area contributed by atoms with Crippen LogP contribution in [0.25, 0.3) is 0 Å². The molecule has 0 saturated carbocycles. The van der Waals surface area contributed by atoms with Gasteiger partial charge in [0.05, 0.1) is 6.04 Å². The Kier molecular flexibility index (Phi) is 5.18. The molecule has 144 valence electrons. The van der Waals surface area contributed by atoms with Crippen LogP contribution in [-0.2, 0) is 4.79 Å². The highest BCUT2D eigenvalue weighted by Crippen LogP contribution is 2.39. The van der Waals surface area contributed by atoms with E-state index in [1.165, 1.54) is 5.56 Å². The molecular weight excluding hydrogens is 338 g/mol. The van der Waals surface area contributed by atoms with Crippen LogP contribution < -0.4 is 14.8 Å². The molecular formula is C23H29NO3. The van der Waals surface area contributed by atoms with E-state index in [2.05, 4.69) is 24.4 Å². The third-order valence-electron chi connectivity index (χ3n) is 5.08. The van der Waals surface area contributed by atoms with Crippen molar-refractivity contribution in [1.29, 1.82) is 0 Å². The maximum Gasteiger partial charge on any atom is 0.258 e. The monoisotopic (exact) mass is 367 g/mol. The summed E-state index contributed by atoms with van der Waals surface area (Å²) >= 11 is 0. The molecule has 0 aromatic heterocycles. The van der Waals surface area contributed by atoms with Gasteiger partial charge in [0.15, 0.2) is 6.61 Å². The highest BCUT2D eigenvalue weighted by molar-refractivity contribution is 5.78. The topological polar surface area (TPSA) is 47.6 Å². The number of ether oxygens (including phenoxy) is 2. The number of aryl methyl sites for hydroxylation is 3. The average molecular weight is 367 g/mol. The molecule has 0 aliphatic carbocycles. The maximum absolute atomic E-state index is 12.6. The van der Waals surface area contributed by atoms with Crippen LogP contribution in [0.15, 0.2) is 30.3 Å². The van der Waals surface area contributed by atoms with Gasteiger partial charge in [-0.15, -0.1) is 0 Å². The van der Waals surface area contributed by atoms with Gasteiger partial charge in [-0.25, -0.2) is 0 Å². The van der Waals surface area contributed by atoms with Gasteiger partial charge in [-0.1, -0.05) is 23.8 Å². The summed E-state index contributed by atoms with van der Waals surface area (Å²) in [6, 6.07) is 10.1. The minimum Gasteiger partial charge on any atom is -0.487 e. The Labute approximate surface area is 161 Å². The Balaban J connectivity index is 1.72. The molecule has 1 unspecified atom stereocenters. The largest absolute Gasteiger partial charge is 0.487 e. The number of carbonyl (C=O) groups excluding carboxylic acids is 1. The van der Waals surface area contributed by atoms with Gasteiger partial charge < -0.3 is 14.8 Å². The Morgan fingerprint density at radius 1 is 1.15 bits per heavy atom. The van der Waals surface area contributed by atoms with Crippen molar-refractivity contribution in [2.24, 2.45) is 0 Å². The zero-order valence-electron chi connectivity index (χ0n) is 17.1. The predicted molar refractivity (Wildman–Crippen MR) is 108 cm³/mol. The molecule has 1 aliphatic rings. The van der Waals surface area contributed by atoms with Gasteiger partial charge in [-0.05, 0) is 70.4 Å². The summed E-state index contributed by atoms with van der Waals surface area (Å²) in [6.45, 7) is 12.2. The van der Waals surface area contributed by atoms with E-state index < -0.39 is 0 Å². The van der Waals surface area contributed by atoms with Gasteiger partial charge in [0, 0.05) is 12.0 Å². The van der Waals surface area contributed by atoms with Crippen LogP contribution in [0, 0.1) is 27.7 Å². The van der Waals surface area contributed by atoms with E-state index in [-0.39, 0.29) is 24.2 Å². The van der Waals surface area contributed by atoms with Crippen molar-refractivity contribution in [3.05, 3.63) is 58.1 Å². The summed E-state index contributed by atoms with van der Waals surface area (Å²) in [5.41, 5.74) is 5.22. The fourth-order valence-corrected chi connectivity index (χ4v) is 3.63. The zero-order chi connectivity index (χ0) is 19.8. The summed E-state index contributed by atoms with van der Waals surface area (Å²) in [6.07, 6.45) is 0.720. The molecule has 1 aliphatic heterocycles. The standard InChI is InChI=1S/C23H29NO3/c1-14-7-8-20-18(10-14)19(12-23(5,6)27-20)24-22(25)13-26-21-11-15(2)9-16(3)17(21)4/h7-11,19H,12-13H2,1-6H3,(H,24,25). The summed E-state index contributed by atoms with van der Waals surface area (Å²) < 4.78 is 11.9. The number of carbonyl (C=O) groups is 1. The molecule has 2 aromatic carbocycles. The van der Waals surface area contributed by atoms with Crippen LogP contribution in [-0.4, -0.2) is 18.1 Å². The number of fused-ring (bicyclic) bond motifs is 1.